The van der Waals surface area contributed by atoms with Crippen LogP contribution in [-0.4, -0.2) is 10.7 Å². The maximum atomic E-state index is 3.80. The molecule has 0 amide bonds. The zero-order valence-corrected chi connectivity index (χ0v) is 14.3. The minimum atomic E-state index is 0.391. The van der Waals surface area contributed by atoms with Crippen molar-refractivity contribution in [2.75, 3.05) is 10.7 Å². The highest BCUT2D eigenvalue weighted by molar-refractivity contribution is 9.09. The molecule has 1 aromatic carbocycles. The predicted octanol–water partition coefficient (Wildman–Crippen LogP) is 5.50. The Morgan fingerprint density at radius 1 is 1.11 bits per heavy atom. The lowest BCUT2D eigenvalue weighted by Crippen LogP contribution is -2.35. The van der Waals surface area contributed by atoms with Gasteiger partial charge < -0.3 is 0 Å². The minimum Gasteiger partial charge on any atom is -0.0921 e. The number of alkyl halides is 2. The smallest absolute Gasteiger partial charge is 0.0102 e. The maximum Gasteiger partial charge on any atom is 0.0102 e. The van der Waals surface area contributed by atoms with Gasteiger partial charge in [-0.2, -0.15) is 0 Å². The fraction of sp³-hybridized carbons (Fsp3) is 0.625. The summed E-state index contributed by atoms with van der Waals surface area (Å²) in [5.41, 5.74) is 3.34. The SMILES string of the molecule is Cc1ccccc1CC(CBr)(CBr)C1CCCC1. The quantitative estimate of drug-likeness (QED) is 0.597. The summed E-state index contributed by atoms with van der Waals surface area (Å²) in [5, 5.41) is 2.20. The molecule has 1 saturated carbocycles. The summed E-state index contributed by atoms with van der Waals surface area (Å²) in [4.78, 5) is 0. The first-order valence-electron chi connectivity index (χ1n) is 6.88. The largest absolute Gasteiger partial charge is 0.0921 e. The molecule has 0 bridgehead atoms. The van der Waals surface area contributed by atoms with Gasteiger partial charge in [0.1, 0.15) is 0 Å². The third kappa shape index (κ3) is 3.01. The Labute approximate surface area is 128 Å². The van der Waals surface area contributed by atoms with E-state index in [1.807, 2.05) is 0 Å². The number of benzene rings is 1. The van der Waals surface area contributed by atoms with Crippen molar-refractivity contribution in [2.45, 2.75) is 39.0 Å². The lowest BCUT2D eigenvalue weighted by molar-refractivity contribution is 0.232. The molecule has 0 unspecified atom stereocenters. The zero-order chi connectivity index (χ0) is 13.0. The summed E-state index contributed by atoms with van der Waals surface area (Å²) in [5.74, 6) is 0.871. The molecule has 0 spiro atoms. The van der Waals surface area contributed by atoms with Crippen molar-refractivity contribution in [3.8, 4) is 0 Å². The Balaban J connectivity index is 2.22. The molecule has 2 rings (SSSR count). The molecule has 0 heterocycles. The first-order chi connectivity index (χ1) is 8.72. The van der Waals surface area contributed by atoms with Crippen LogP contribution in [0, 0.1) is 18.3 Å². The van der Waals surface area contributed by atoms with Crippen LogP contribution in [0.25, 0.3) is 0 Å². The monoisotopic (exact) mass is 372 g/mol. The standard InChI is InChI=1S/C16H22Br2/c1-13-6-2-3-7-14(13)10-16(11-17,12-18)15-8-4-5-9-15/h2-3,6-7,15H,4-5,8-12H2,1H3. The number of hydrogen-bond acceptors (Lipinski definition) is 0. The molecular weight excluding hydrogens is 352 g/mol. The Hall–Kier alpha value is 0.180. The van der Waals surface area contributed by atoms with E-state index in [1.165, 1.54) is 43.2 Å². The van der Waals surface area contributed by atoms with E-state index in [9.17, 15) is 0 Å². The van der Waals surface area contributed by atoms with Crippen LogP contribution >= 0.6 is 31.9 Å². The Morgan fingerprint density at radius 3 is 2.28 bits per heavy atom. The highest BCUT2D eigenvalue weighted by Crippen LogP contribution is 2.45. The second-order valence-electron chi connectivity index (χ2n) is 5.71. The van der Waals surface area contributed by atoms with Crippen molar-refractivity contribution >= 4 is 31.9 Å². The summed E-state index contributed by atoms with van der Waals surface area (Å²) in [6.07, 6.45) is 6.84. The molecule has 2 heteroatoms. The molecule has 1 aliphatic rings. The molecule has 0 aliphatic heterocycles. The highest BCUT2D eigenvalue weighted by Gasteiger charge is 2.38. The Bertz CT molecular complexity index is 376. The first-order valence-corrected chi connectivity index (χ1v) is 9.12. The molecule has 0 radical (unpaired) electrons. The van der Waals surface area contributed by atoms with E-state index in [4.69, 9.17) is 0 Å². The number of rotatable bonds is 5. The van der Waals surface area contributed by atoms with Crippen LogP contribution in [0.4, 0.5) is 0 Å². The molecule has 0 saturated heterocycles. The molecule has 0 nitrogen and oxygen atoms in total. The average molecular weight is 374 g/mol. The molecule has 1 fully saturated rings. The van der Waals surface area contributed by atoms with Crippen LogP contribution in [0.1, 0.15) is 36.8 Å². The molecular formula is C16H22Br2. The van der Waals surface area contributed by atoms with Crippen molar-refractivity contribution in [3.63, 3.8) is 0 Å². The fourth-order valence-electron chi connectivity index (χ4n) is 3.22. The van der Waals surface area contributed by atoms with Gasteiger partial charge in [0, 0.05) is 10.7 Å². The molecule has 1 aromatic rings. The third-order valence-corrected chi connectivity index (χ3v) is 6.79. The van der Waals surface area contributed by atoms with Gasteiger partial charge in [-0.3, -0.25) is 0 Å². The molecule has 18 heavy (non-hydrogen) atoms. The highest BCUT2D eigenvalue weighted by atomic mass is 79.9. The van der Waals surface area contributed by atoms with Crippen LogP contribution in [0.15, 0.2) is 24.3 Å². The van der Waals surface area contributed by atoms with Gasteiger partial charge in [-0.25, -0.2) is 0 Å². The van der Waals surface area contributed by atoms with Crippen LogP contribution in [0.5, 0.6) is 0 Å². The lowest BCUT2D eigenvalue weighted by Gasteiger charge is -2.37. The van der Waals surface area contributed by atoms with E-state index in [2.05, 4.69) is 63.0 Å². The summed E-state index contributed by atoms with van der Waals surface area (Å²) >= 11 is 7.59. The van der Waals surface area contributed by atoms with Crippen molar-refractivity contribution in [1.29, 1.82) is 0 Å². The molecule has 100 valence electrons. The third-order valence-electron chi connectivity index (χ3n) is 4.56. The van der Waals surface area contributed by atoms with E-state index in [0.717, 1.165) is 16.6 Å². The Morgan fingerprint density at radius 2 is 1.72 bits per heavy atom. The topological polar surface area (TPSA) is 0 Å². The van der Waals surface area contributed by atoms with Crippen LogP contribution < -0.4 is 0 Å². The Kier molecular flexibility index (Phi) is 5.32. The van der Waals surface area contributed by atoms with Gasteiger partial charge >= 0.3 is 0 Å². The van der Waals surface area contributed by atoms with Crippen molar-refractivity contribution in [1.82, 2.24) is 0 Å². The lowest BCUT2D eigenvalue weighted by atomic mass is 9.73. The second kappa shape index (κ2) is 6.56. The van der Waals surface area contributed by atoms with Gasteiger partial charge in [0.05, 0.1) is 0 Å². The van der Waals surface area contributed by atoms with Crippen molar-refractivity contribution in [2.24, 2.45) is 11.3 Å². The number of aryl methyl sites for hydroxylation is 1. The molecule has 0 N–H and O–H groups in total. The number of hydrogen-bond donors (Lipinski definition) is 0. The fourth-order valence-corrected chi connectivity index (χ4v) is 5.46. The maximum absolute atomic E-state index is 3.80. The second-order valence-corrected chi connectivity index (χ2v) is 6.84. The first kappa shape index (κ1) is 14.6. The van der Waals surface area contributed by atoms with Gasteiger partial charge in [-0.15, -0.1) is 0 Å². The van der Waals surface area contributed by atoms with Gasteiger partial charge in [0.2, 0.25) is 0 Å². The van der Waals surface area contributed by atoms with Gasteiger partial charge in [0.15, 0.2) is 0 Å². The van der Waals surface area contributed by atoms with Crippen LogP contribution in [0.2, 0.25) is 0 Å². The summed E-state index contributed by atoms with van der Waals surface area (Å²) in [6.45, 7) is 2.23. The summed E-state index contributed by atoms with van der Waals surface area (Å²) in [6, 6.07) is 8.84. The molecule has 0 atom stereocenters. The zero-order valence-electron chi connectivity index (χ0n) is 11.1. The van der Waals surface area contributed by atoms with E-state index in [0.29, 0.717) is 5.41 Å². The van der Waals surface area contributed by atoms with Crippen molar-refractivity contribution < 1.29 is 0 Å². The van der Waals surface area contributed by atoms with Gasteiger partial charge in [0.25, 0.3) is 0 Å². The number of halogens is 2. The average Bonchev–Trinajstić information content (AvgIpc) is 2.93. The van der Waals surface area contributed by atoms with E-state index >= 15 is 0 Å². The molecule has 1 aliphatic carbocycles. The predicted molar refractivity (Wildman–Crippen MR) is 86.9 cm³/mol. The van der Waals surface area contributed by atoms with Gasteiger partial charge in [-0.05, 0) is 48.6 Å². The van der Waals surface area contributed by atoms with E-state index < -0.39 is 0 Å². The summed E-state index contributed by atoms with van der Waals surface area (Å²) < 4.78 is 0. The van der Waals surface area contributed by atoms with Crippen molar-refractivity contribution in [3.05, 3.63) is 35.4 Å². The van der Waals surface area contributed by atoms with Crippen LogP contribution in [0.3, 0.4) is 0 Å². The van der Waals surface area contributed by atoms with E-state index in [1.54, 1.807) is 0 Å². The van der Waals surface area contributed by atoms with Crippen LogP contribution in [-0.2, 0) is 6.42 Å². The van der Waals surface area contributed by atoms with Gasteiger partial charge in [-0.1, -0.05) is 69.0 Å². The summed E-state index contributed by atoms with van der Waals surface area (Å²) in [7, 11) is 0. The minimum absolute atomic E-state index is 0.391. The normalized spacial score (nSPS) is 17.3. The molecule has 0 aromatic heterocycles. The van der Waals surface area contributed by atoms with E-state index in [-0.39, 0.29) is 0 Å².